The molecule has 2 N–H and O–H groups in total. The SMILES string of the molecule is CC[C@H](Sc1ccccc1NC(=O)C1CCCCC1)C(=O)O. The molecule has 0 heterocycles. The first-order valence-electron chi connectivity index (χ1n) is 7.91. The summed E-state index contributed by atoms with van der Waals surface area (Å²) in [4.78, 5) is 24.4. The van der Waals surface area contributed by atoms with Crippen molar-refractivity contribution in [3.05, 3.63) is 24.3 Å². The summed E-state index contributed by atoms with van der Waals surface area (Å²) in [5, 5.41) is 11.7. The van der Waals surface area contributed by atoms with Crippen molar-refractivity contribution < 1.29 is 14.7 Å². The number of para-hydroxylation sites is 1. The van der Waals surface area contributed by atoms with Crippen LogP contribution in [0.25, 0.3) is 0 Å². The molecule has 1 aromatic carbocycles. The van der Waals surface area contributed by atoms with Gasteiger partial charge in [0.15, 0.2) is 0 Å². The van der Waals surface area contributed by atoms with Gasteiger partial charge in [-0.2, -0.15) is 0 Å². The molecule has 22 heavy (non-hydrogen) atoms. The minimum Gasteiger partial charge on any atom is -0.480 e. The first-order chi connectivity index (χ1) is 10.6. The maximum atomic E-state index is 12.4. The van der Waals surface area contributed by atoms with Crippen molar-refractivity contribution >= 4 is 29.3 Å². The zero-order chi connectivity index (χ0) is 15.9. The molecule has 1 atom stereocenters. The monoisotopic (exact) mass is 321 g/mol. The number of nitrogens with one attached hydrogen (secondary N) is 1. The number of benzene rings is 1. The highest BCUT2D eigenvalue weighted by Gasteiger charge is 2.23. The number of carbonyl (C=O) groups is 2. The van der Waals surface area contributed by atoms with Crippen molar-refractivity contribution in [2.75, 3.05) is 5.32 Å². The molecule has 1 aromatic rings. The van der Waals surface area contributed by atoms with Crippen molar-refractivity contribution in [2.45, 2.75) is 55.6 Å². The number of aliphatic carboxylic acids is 1. The van der Waals surface area contributed by atoms with Crippen molar-refractivity contribution in [1.82, 2.24) is 0 Å². The number of carboxylic acid groups (broad SMARTS) is 1. The largest absolute Gasteiger partial charge is 0.480 e. The van der Waals surface area contributed by atoms with E-state index in [9.17, 15) is 14.7 Å². The van der Waals surface area contributed by atoms with Crippen LogP contribution >= 0.6 is 11.8 Å². The van der Waals surface area contributed by atoms with Crippen molar-refractivity contribution in [3.8, 4) is 0 Å². The molecule has 0 bridgehead atoms. The van der Waals surface area contributed by atoms with Crippen LogP contribution in [-0.4, -0.2) is 22.2 Å². The van der Waals surface area contributed by atoms with Crippen molar-refractivity contribution in [1.29, 1.82) is 0 Å². The first kappa shape index (κ1) is 16.9. The molecular weight excluding hydrogens is 298 g/mol. The van der Waals surface area contributed by atoms with Crippen molar-refractivity contribution in [3.63, 3.8) is 0 Å². The summed E-state index contributed by atoms with van der Waals surface area (Å²) in [6.07, 6.45) is 5.90. The molecule has 0 radical (unpaired) electrons. The molecular formula is C17H23NO3S. The lowest BCUT2D eigenvalue weighted by Crippen LogP contribution is -2.25. The van der Waals surface area contributed by atoms with Gasteiger partial charge >= 0.3 is 5.97 Å². The maximum Gasteiger partial charge on any atom is 0.316 e. The third kappa shape index (κ3) is 4.50. The number of thioether (sulfide) groups is 1. The van der Waals surface area contributed by atoms with Gasteiger partial charge in [-0.25, -0.2) is 0 Å². The van der Waals surface area contributed by atoms with Crippen LogP contribution in [0, 0.1) is 5.92 Å². The lowest BCUT2D eigenvalue weighted by atomic mass is 9.88. The van der Waals surface area contributed by atoms with Gasteiger partial charge in [0.1, 0.15) is 5.25 Å². The number of carboxylic acids is 1. The molecule has 1 saturated carbocycles. The molecule has 1 aliphatic rings. The van der Waals surface area contributed by atoms with Crippen LogP contribution in [0.3, 0.4) is 0 Å². The van der Waals surface area contributed by atoms with Gasteiger partial charge in [-0.15, -0.1) is 11.8 Å². The molecule has 1 aliphatic carbocycles. The van der Waals surface area contributed by atoms with Crippen LogP contribution in [0.2, 0.25) is 0 Å². The summed E-state index contributed by atoms with van der Waals surface area (Å²) in [7, 11) is 0. The predicted molar refractivity (Wildman–Crippen MR) is 89.2 cm³/mol. The Bertz CT molecular complexity index is 526. The van der Waals surface area contributed by atoms with Crippen LogP contribution in [0.15, 0.2) is 29.2 Å². The topological polar surface area (TPSA) is 66.4 Å². The Kier molecular flexibility index (Phi) is 6.31. The third-order valence-corrected chi connectivity index (χ3v) is 5.47. The Morgan fingerprint density at radius 1 is 1.27 bits per heavy atom. The molecule has 0 unspecified atom stereocenters. The van der Waals surface area contributed by atoms with Gasteiger partial charge in [-0.05, 0) is 31.4 Å². The van der Waals surface area contributed by atoms with Gasteiger partial charge in [0, 0.05) is 10.8 Å². The highest BCUT2D eigenvalue weighted by atomic mass is 32.2. The quantitative estimate of drug-likeness (QED) is 0.772. The Labute approximate surface area is 135 Å². The molecule has 0 aliphatic heterocycles. The molecule has 0 aromatic heterocycles. The average Bonchev–Trinajstić information content (AvgIpc) is 2.54. The van der Waals surface area contributed by atoms with E-state index in [0.717, 1.165) is 36.3 Å². The lowest BCUT2D eigenvalue weighted by Gasteiger charge is -2.22. The van der Waals surface area contributed by atoms with Gasteiger partial charge in [0.25, 0.3) is 0 Å². The summed E-state index contributed by atoms with van der Waals surface area (Å²) in [6, 6.07) is 7.44. The molecule has 5 heteroatoms. The Morgan fingerprint density at radius 2 is 1.95 bits per heavy atom. The predicted octanol–water partition coefficient (Wildman–Crippen LogP) is 4.16. The van der Waals surface area contributed by atoms with Crippen LogP contribution in [0.4, 0.5) is 5.69 Å². The number of anilines is 1. The number of hydrogen-bond donors (Lipinski definition) is 2. The van der Waals surface area contributed by atoms with Gasteiger partial charge in [-0.3, -0.25) is 9.59 Å². The summed E-state index contributed by atoms with van der Waals surface area (Å²) in [5.41, 5.74) is 0.725. The summed E-state index contributed by atoms with van der Waals surface area (Å²) in [6.45, 7) is 1.86. The molecule has 120 valence electrons. The fourth-order valence-electron chi connectivity index (χ4n) is 2.73. The molecule has 2 rings (SSSR count). The zero-order valence-electron chi connectivity index (χ0n) is 12.9. The maximum absolute atomic E-state index is 12.4. The molecule has 4 nitrogen and oxygen atoms in total. The Morgan fingerprint density at radius 3 is 2.59 bits per heavy atom. The Hall–Kier alpha value is -1.49. The molecule has 1 amide bonds. The zero-order valence-corrected chi connectivity index (χ0v) is 13.7. The molecule has 0 saturated heterocycles. The number of amides is 1. The minimum absolute atomic E-state index is 0.0659. The van der Waals surface area contributed by atoms with E-state index in [1.807, 2.05) is 31.2 Å². The van der Waals surface area contributed by atoms with Gasteiger partial charge in [0.2, 0.25) is 5.91 Å². The smallest absolute Gasteiger partial charge is 0.316 e. The standard InChI is InChI=1S/C17H23NO3S/c1-2-14(17(20)21)22-15-11-7-6-10-13(15)18-16(19)12-8-4-3-5-9-12/h6-7,10-12,14H,2-5,8-9H2,1H3,(H,18,19)(H,20,21)/t14-/m0/s1. The second-order valence-corrected chi connectivity index (χ2v) is 6.92. The van der Waals surface area contributed by atoms with E-state index >= 15 is 0 Å². The van der Waals surface area contributed by atoms with E-state index in [4.69, 9.17) is 0 Å². The van der Waals surface area contributed by atoms with E-state index < -0.39 is 11.2 Å². The summed E-state index contributed by atoms with van der Waals surface area (Å²) < 4.78 is 0. The number of hydrogen-bond acceptors (Lipinski definition) is 3. The highest BCUT2D eigenvalue weighted by Crippen LogP contribution is 2.33. The molecule has 1 fully saturated rings. The molecule has 0 spiro atoms. The van der Waals surface area contributed by atoms with Crippen LogP contribution < -0.4 is 5.32 Å². The van der Waals surface area contributed by atoms with Crippen molar-refractivity contribution in [2.24, 2.45) is 5.92 Å². The highest BCUT2D eigenvalue weighted by molar-refractivity contribution is 8.00. The first-order valence-corrected chi connectivity index (χ1v) is 8.79. The fourth-order valence-corrected chi connectivity index (χ4v) is 3.71. The van der Waals surface area contributed by atoms with Crippen LogP contribution in [0.5, 0.6) is 0 Å². The second kappa shape index (κ2) is 8.22. The number of rotatable bonds is 6. The van der Waals surface area contributed by atoms with Gasteiger partial charge in [-0.1, -0.05) is 38.3 Å². The van der Waals surface area contributed by atoms with E-state index in [1.54, 1.807) is 0 Å². The second-order valence-electron chi connectivity index (χ2n) is 5.67. The summed E-state index contributed by atoms with van der Waals surface area (Å²) in [5.74, 6) is -0.662. The van der Waals surface area contributed by atoms with Crippen LogP contribution in [-0.2, 0) is 9.59 Å². The Balaban J connectivity index is 2.07. The minimum atomic E-state index is -0.819. The van der Waals surface area contributed by atoms with Crippen LogP contribution in [0.1, 0.15) is 45.4 Å². The average molecular weight is 321 g/mol. The normalized spacial score (nSPS) is 17.0. The lowest BCUT2D eigenvalue weighted by molar-refractivity contribution is -0.136. The fraction of sp³-hybridized carbons (Fsp3) is 0.529. The van der Waals surface area contributed by atoms with E-state index in [2.05, 4.69) is 5.32 Å². The number of carbonyl (C=O) groups excluding carboxylic acids is 1. The van der Waals surface area contributed by atoms with E-state index in [-0.39, 0.29) is 11.8 Å². The van der Waals surface area contributed by atoms with E-state index in [0.29, 0.717) is 6.42 Å². The van der Waals surface area contributed by atoms with Gasteiger partial charge in [0.05, 0.1) is 5.69 Å². The van der Waals surface area contributed by atoms with E-state index in [1.165, 1.54) is 18.2 Å². The summed E-state index contributed by atoms with van der Waals surface area (Å²) >= 11 is 1.30. The van der Waals surface area contributed by atoms with Gasteiger partial charge < -0.3 is 10.4 Å². The third-order valence-electron chi connectivity index (χ3n) is 4.04.